The zero-order valence-electron chi connectivity index (χ0n) is 19.2. The number of benzene rings is 2. The Labute approximate surface area is 188 Å². The van der Waals surface area contributed by atoms with E-state index < -0.39 is 6.23 Å². The summed E-state index contributed by atoms with van der Waals surface area (Å²) in [5.74, 6) is 1.07. The van der Waals surface area contributed by atoms with Gasteiger partial charge in [-0.3, -0.25) is 5.32 Å². The summed E-state index contributed by atoms with van der Waals surface area (Å²) in [5.41, 5.74) is 10.9. The van der Waals surface area contributed by atoms with E-state index in [1.165, 1.54) is 0 Å². The van der Waals surface area contributed by atoms with E-state index in [9.17, 15) is 5.11 Å². The van der Waals surface area contributed by atoms with Crippen LogP contribution in [0.4, 0.5) is 5.95 Å². The monoisotopic (exact) mass is 430 g/mol. The fourth-order valence-corrected chi connectivity index (χ4v) is 3.95. The number of fused-ring (bicyclic) bond motifs is 1. The van der Waals surface area contributed by atoms with E-state index in [4.69, 9.17) is 10.7 Å². The van der Waals surface area contributed by atoms with E-state index in [0.717, 1.165) is 39.1 Å². The number of nitrogen functional groups attached to an aromatic ring is 1. The van der Waals surface area contributed by atoms with Crippen molar-refractivity contribution in [1.82, 2.24) is 24.8 Å². The predicted octanol–water partition coefficient (Wildman–Crippen LogP) is 4.49. The van der Waals surface area contributed by atoms with Crippen LogP contribution in [0.15, 0.2) is 54.9 Å². The van der Waals surface area contributed by atoms with Gasteiger partial charge in [-0.25, -0.2) is 15.0 Å². The maximum Gasteiger partial charge on any atom is 0.219 e. The molecule has 0 aliphatic heterocycles. The van der Waals surface area contributed by atoms with Gasteiger partial charge in [0.1, 0.15) is 12.1 Å². The predicted molar refractivity (Wildman–Crippen MR) is 129 cm³/mol. The second-order valence-electron chi connectivity index (χ2n) is 9.29. The molecule has 0 fully saturated rings. The van der Waals surface area contributed by atoms with E-state index >= 15 is 0 Å². The van der Waals surface area contributed by atoms with Crippen LogP contribution in [0.3, 0.4) is 0 Å². The molecule has 0 saturated heterocycles. The molecule has 166 valence electrons. The molecule has 1 atom stereocenters. The Hall–Kier alpha value is -3.29. The quantitative estimate of drug-likeness (QED) is 0.403. The highest BCUT2D eigenvalue weighted by Crippen LogP contribution is 2.35. The van der Waals surface area contributed by atoms with E-state index in [-0.39, 0.29) is 17.5 Å². The van der Waals surface area contributed by atoms with E-state index in [1.54, 1.807) is 12.4 Å². The smallest absolute Gasteiger partial charge is 0.219 e. The number of hydrogen-bond acceptors (Lipinski definition) is 6. The highest BCUT2D eigenvalue weighted by Gasteiger charge is 2.25. The largest absolute Gasteiger partial charge is 0.374 e. The number of imidazole rings is 1. The average molecular weight is 431 g/mol. The Balaban J connectivity index is 1.91. The van der Waals surface area contributed by atoms with Crippen LogP contribution in [0, 0.1) is 0 Å². The lowest BCUT2D eigenvalue weighted by Gasteiger charge is -2.26. The Kier molecular flexibility index (Phi) is 5.71. The van der Waals surface area contributed by atoms with Crippen molar-refractivity contribution in [3.05, 3.63) is 60.4 Å². The van der Waals surface area contributed by atoms with Gasteiger partial charge in [0.05, 0.1) is 11.0 Å². The molecule has 2 aromatic carbocycles. The number of rotatable bonds is 5. The van der Waals surface area contributed by atoms with Crippen molar-refractivity contribution < 1.29 is 5.11 Å². The minimum atomic E-state index is -0.790. The van der Waals surface area contributed by atoms with Crippen LogP contribution in [0.1, 0.15) is 46.4 Å². The van der Waals surface area contributed by atoms with Crippen molar-refractivity contribution in [3.8, 4) is 22.5 Å². The fourth-order valence-electron chi connectivity index (χ4n) is 3.95. The Morgan fingerprint density at radius 3 is 2.34 bits per heavy atom. The molecule has 1 unspecified atom stereocenters. The number of nitrogens with one attached hydrogen (secondary N) is 1. The molecule has 4 aromatic rings. The summed E-state index contributed by atoms with van der Waals surface area (Å²) in [6, 6.07) is 14.2. The van der Waals surface area contributed by atoms with Crippen LogP contribution in [0.25, 0.3) is 33.5 Å². The van der Waals surface area contributed by atoms with Crippen LogP contribution >= 0.6 is 0 Å². The number of aliphatic hydroxyl groups excluding tert-OH is 1. The second-order valence-corrected chi connectivity index (χ2v) is 9.29. The van der Waals surface area contributed by atoms with Crippen molar-refractivity contribution in [3.63, 3.8) is 0 Å². The molecule has 0 saturated carbocycles. The van der Waals surface area contributed by atoms with Crippen molar-refractivity contribution in [2.45, 2.75) is 52.4 Å². The molecule has 0 bridgehead atoms. The van der Waals surface area contributed by atoms with Crippen molar-refractivity contribution >= 4 is 17.0 Å². The molecule has 4 N–H and O–H groups in total. The normalized spacial score (nSPS) is 13.1. The standard InChI is InChI=1S/C25H30N6O/c1-15(2)29-23(32)19-9-7-6-8-18(19)22-30-20-12-16(17-13-27-24(26)28-14-17)10-11-21(20)31(22)25(3,4)5/h6-15,23,29,32H,1-5H3,(H2,26,27,28). The molecule has 0 radical (unpaired) electrons. The molecule has 2 heterocycles. The summed E-state index contributed by atoms with van der Waals surface area (Å²) in [4.78, 5) is 13.2. The molecule has 32 heavy (non-hydrogen) atoms. The van der Waals surface area contributed by atoms with Gasteiger partial charge >= 0.3 is 0 Å². The molecule has 7 heteroatoms. The molecule has 0 aliphatic carbocycles. The van der Waals surface area contributed by atoms with Gasteiger partial charge in [-0.05, 0) is 52.3 Å². The molecule has 7 nitrogen and oxygen atoms in total. The first-order valence-electron chi connectivity index (χ1n) is 10.8. The number of aromatic nitrogens is 4. The molecule has 0 amide bonds. The minimum absolute atomic E-state index is 0.143. The zero-order valence-corrected chi connectivity index (χ0v) is 19.2. The Morgan fingerprint density at radius 1 is 1.00 bits per heavy atom. The molecule has 4 rings (SSSR count). The molecule has 0 spiro atoms. The highest BCUT2D eigenvalue weighted by molar-refractivity contribution is 5.86. The molecule has 2 aromatic heterocycles. The second kappa shape index (κ2) is 8.33. The number of aliphatic hydroxyl groups is 1. The van der Waals surface area contributed by atoms with Crippen molar-refractivity contribution in [2.24, 2.45) is 0 Å². The third-order valence-electron chi connectivity index (χ3n) is 5.32. The van der Waals surface area contributed by atoms with Gasteiger partial charge < -0.3 is 15.4 Å². The summed E-state index contributed by atoms with van der Waals surface area (Å²) in [6.45, 7) is 10.5. The van der Waals surface area contributed by atoms with Gasteiger partial charge in [-0.1, -0.05) is 30.3 Å². The van der Waals surface area contributed by atoms with E-state index in [0.29, 0.717) is 0 Å². The lowest BCUT2D eigenvalue weighted by Crippen LogP contribution is -2.28. The lowest BCUT2D eigenvalue weighted by atomic mass is 10.0. The third-order valence-corrected chi connectivity index (χ3v) is 5.32. The molecular weight excluding hydrogens is 400 g/mol. The average Bonchev–Trinajstić information content (AvgIpc) is 3.13. The fraction of sp³-hybridized carbons (Fsp3) is 0.320. The van der Waals surface area contributed by atoms with Gasteiger partial charge in [-0.15, -0.1) is 0 Å². The maximum absolute atomic E-state index is 10.8. The highest BCUT2D eigenvalue weighted by atomic mass is 16.3. The topological polar surface area (TPSA) is 102 Å². The summed E-state index contributed by atoms with van der Waals surface area (Å²) in [5, 5.41) is 14.0. The minimum Gasteiger partial charge on any atom is -0.374 e. The summed E-state index contributed by atoms with van der Waals surface area (Å²) in [7, 11) is 0. The Bertz CT molecular complexity index is 1240. The maximum atomic E-state index is 10.8. The van der Waals surface area contributed by atoms with Crippen molar-refractivity contribution in [2.75, 3.05) is 5.73 Å². The third kappa shape index (κ3) is 4.22. The van der Waals surface area contributed by atoms with Crippen LogP contribution < -0.4 is 11.1 Å². The first-order chi connectivity index (χ1) is 15.1. The van der Waals surface area contributed by atoms with E-state index in [2.05, 4.69) is 46.7 Å². The zero-order chi connectivity index (χ0) is 23.0. The van der Waals surface area contributed by atoms with Gasteiger partial charge in [0.25, 0.3) is 0 Å². The first kappa shape index (κ1) is 21.9. The van der Waals surface area contributed by atoms with Gasteiger partial charge in [0, 0.05) is 40.7 Å². The number of nitrogens with zero attached hydrogens (tertiary/aromatic N) is 4. The van der Waals surface area contributed by atoms with Gasteiger partial charge in [-0.2, -0.15) is 0 Å². The lowest BCUT2D eigenvalue weighted by molar-refractivity contribution is 0.129. The van der Waals surface area contributed by atoms with E-state index in [1.807, 2.05) is 50.2 Å². The number of anilines is 1. The SMILES string of the molecule is CC(C)NC(O)c1ccccc1-c1nc2cc(-c3cnc(N)nc3)ccc2n1C(C)(C)C. The van der Waals surface area contributed by atoms with Crippen LogP contribution in [0.2, 0.25) is 0 Å². The van der Waals surface area contributed by atoms with Crippen LogP contribution in [-0.4, -0.2) is 30.7 Å². The summed E-state index contributed by atoms with van der Waals surface area (Å²) >= 11 is 0. The Morgan fingerprint density at radius 2 is 1.69 bits per heavy atom. The summed E-state index contributed by atoms with van der Waals surface area (Å²) in [6.07, 6.45) is 2.64. The number of nitrogens with two attached hydrogens (primary N) is 1. The van der Waals surface area contributed by atoms with Crippen LogP contribution in [-0.2, 0) is 5.54 Å². The van der Waals surface area contributed by atoms with Crippen LogP contribution in [0.5, 0.6) is 0 Å². The molecule has 0 aliphatic rings. The molecular formula is C25H30N6O. The number of hydrogen-bond donors (Lipinski definition) is 3. The summed E-state index contributed by atoms with van der Waals surface area (Å²) < 4.78 is 2.23. The van der Waals surface area contributed by atoms with Crippen molar-refractivity contribution in [1.29, 1.82) is 0 Å². The van der Waals surface area contributed by atoms with Gasteiger partial charge in [0.2, 0.25) is 5.95 Å². The first-order valence-corrected chi connectivity index (χ1v) is 10.8. The van der Waals surface area contributed by atoms with Gasteiger partial charge in [0.15, 0.2) is 0 Å².